The normalized spacial score (nSPS) is 23.1. The number of aliphatic hydroxyl groups excluding tert-OH is 1. The number of carbonyl (C=O) groups excluding carboxylic acids is 1. The molecule has 1 aliphatic heterocycles. The van der Waals surface area contributed by atoms with Crippen molar-refractivity contribution in [1.29, 1.82) is 0 Å². The Morgan fingerprint density at radius 3 is 2.93 bits per heavy atom. The lowest BCUT2D eigenvalue weighted by molar-refractivity contribution is -0.134. The Bertz CT molecular complexity index is 208. The number of hydrogen-bond donors (Lipinski definition) is 1. The SMILES string of the molecule is COCCCC(C)C(=O)N1CC[C@@H](O)C1. The number of β-amino-alcohol motifs (C(OH)–C–C–N with tert-alkyl or cyclic N) is 1. The minimum Gasteiger partial charge on any atom is -0.391 e. The zero-order valence-corrected chi connectivity index (χ0v) is 9.61. The molecule has 1 saturated heterocycles. The first-order valence-electron chi connectivity index (χ1n) is 5.61. The first-order chi connectivity index (χ1) is 7.15. The summed E-state index contributed by atoms with van der Waals surface area (Å²) in [5.74, 6) is 0.216. The Hall–Kier alpha value is -0.610. The zero-order valence-electron chi connectivity index (χ0n) is 9.61. The van der Waals surface area contributed by atoms with E-state index in [1.54, 1.807) is 12.0 Å². The summed E-state index contributed by atoms with van der Waals surface area (Å²) in [5.41, 5.74) is 0. The molecule has 15 heavy (non-hydrogen) atoms. The molecule has 1 unspecified atom stereocenters. The van der Waals surface area contributed by atoms with Gasteiger partial charge in [-0.1, -0.05) is 6.92 Å². The third kappa shape index (κ3) is 3.80. The van der Waals surface area contributed by atoms with Gasteiger partial charge in [-0.2, -0.15) is 0 Å². The molecule has 1 amide bonds. The third-order valence-corrected chi connectivity index (χ3v) is 2.88. The molecule has 1 aliphatic rings. The van der Waals surface area contributed by atoms with E-state index in [9.17, 15) is 9.90 Å². The lowest BCUT2D eigenvalue weighted by atomic mass is 10.0. The molecule has 0 spiro atoms. The monoisotopic (exact) mass is 215 g/mol. The van der Waals surface area contributed by atoms with Crippen LogP contribution in [0.25, 0.3) is 0 Å². The van der Waals surface area contributed by atoms with Crippen LogP contribution in [0.3, 0.4) is 0 Å². The highest BCUT2D eigenvalue weighted by molar-refractivity contribution is 5.78. The van der Waals surface area contributed by atoms with E-state index < -0.39 is 0 Å². The summed E-state index contributed by atoms with van der Waals surface area (Å²) in [6.07, 6.45) is 2.18. The number of nitrogens with zero attached hydrogens (tertiary/aromatic N) is 1. The Balaban J connectivity index is 2.26. The molecule has 4 nitrogen and oxygen atoms in total. The fourth-order valence-corrected chi connectivity index (χ4v) is 1.91. The van der Waals surface area contributed by atoms with Crippen LogP contribution in [0.2, 0.25) is 0 Å². The van der Waals surface area contributed by atoms with Crippen molar-refractivity contribution in [2.24, 2.45) is 5.92 Å². The molecule has 0 aromatic carbocycles. The lowest BCUT2D eigenvalue weighted by Gasteiger charge is -2.20. The van der Waals surface area contributed by atoms with E-state index in [0.29, 0.717) is 19.7 Å². The maximum atomic E-state index is 11.9. The molecule has 1 N–H and O–H groups in total. The quantitative estimate of drug-likeness (QED) is 0.685. The third-order valence-electron chi connectivity index (χ3n) is 2.88. The van der Waals surface area contributed by atoms with Gasteiger partial charge in [0, 0.05) is 32.7 Å². The second kappa shape index (κ2) is 6.08. The Labute approximate surface area is 91.2 Å². The Kier molecular flexibility index (Phi) is 5.05. The van der Waals surface area contributed by atoms with Gasteiger partial charge in [-0.3, -0.25) is 4.79 Å². The minimum absolute atomic E-state index is 0.0467. The highest BCUT2D eigenvalue weighted by Gasteiger charge is 2.27. The molecule has 88 valence electrons. The summed E-state index contributed by atoms with van der Waals surface area (Å²) in [5, 5.41) is 9.33. The van der Waals surface area contributed by atoms with Crippen LogP contribution in [0.5, 0.6) is 0 Å². The van der Waals surface area contributed by atoms with Crippen LogP contribution in [0.4, 0.5) is 0 Å². The van der Waals surface area contributed by atoms with Gasteiger partial charge in [0.25, 0.3) is 0 Å². The second-order valence-electron chi connectivity index (χ2n) is 4.26. The fourth-order valence-electron chi connectivity index (χ4n) is 1.91. The van der Waals surface area contributed by atoms with Crippen molar-refractivity contribution in [3.63, 3.8) is 0 Å². The standard InChI is InChI=1S/C11H21NO3/c1-9(4-3-7-15-2)11(14)12-6-5-10(13)8-12/h9-10,13H,3-8H2,1-2H3/t9?,10-/m1/s1. The second-order valence-corrected chi connectivity index (χ2v) is 4.26. The summed E-state index contributed by atoms with van der Waals surface area (Å²) in [4.78, 5) is 13.6. The van der Waals surface area contributed by atoms with Crippen LogP contribution >= 0.6 is 0 Å². The number of likely N-dealkylation sites (tertiary alicyclic amines) is 1. The average molecular weight is 215 g/mol. The summed E-state index contributed by atoms with van der Waals surface area (Å²) in [6, 6.07) is 0. The molecular weight excluding hydrogens is 194 g/mol. The van der Waals surface area contributed by atoms with Gasteiger partial charge >= 0.3 is 0 Å². The summed E-state index contributed by atoms with van der Waals surface area (Å²) < 4.78 is 4.95. The molecule has 1 rings (SSSR count). The van der Waals surface area contributed by atoms with Crippen molar-refractivity contribution < 1.29 is 14.6 Å². The van der Waals surface area contributed by atoms with Crippen LogP contribution in [-0.2, 0) is 9.53 Å². The first-order valence-corrected chi connectivity index (χ1v) is 5.61. The molecule has 1 fully saturated rings. The fraction of sp³-hybridized carbons (Fsp3) is 0.909. The zero-order chi connectivity index (χ0) is 11.3. The number of aliphatic hydroxyl groups is 1. The van der Waals surface area contributed by atoms with E-state index in [2.05, 4.69) is 0 Å². The van der Waals surface area contributed by atoms with Crippen LogP contribution in [0.15, 0.2) is 0 Å². The maximum Gasteiger partial charge on any atom is 0.225 e. The van der Waals surface area contributed by atoms with E-state index in [4.69, 9.17) is 4.74 Å². The molecule has 1 heterocycles. The Morgan fingerprint density at radius 1 is 1.67 bits per heavy atom. The van der Waals surface area contributed by atoms with Crippen LogP contribution < -0.4 is 0 Å². The van der Waals surface area contributed by atoms with E-state index in [0.717, 1.165) is 19.3 Å². The number of rotatable bonds is 5. The van der Waals surface area contributed by atoms with Gasteiger partial charge in [-0.05, 0) is 19.3 Å². The lowest BCUT2D eigenvalue weighted by Crippen LogP contribution is -2.34. The summed E-state index contributed by atoms with van der Waals surface area (Å²) >= 11 is 0. The largest absolute Gasteiger partial charge is 0.391 e. The molecule has 0 saturated carbocycles. The van der Waals surface area contributed by atoms with Crippen molar-refractivity contribution in [2.45, 2.75) is 32.3 Å². The van der Waals surface area contributed by atoms with Gasteiger partial charge < -0.3 is 14.7 Å². The van der Waals surface area contributed by atoms with Gasteiger partial charge in [-0.15, -0.1) is 0 Å². The van der Waals surface area contributed by atoms with Gasteiger partial charge in [0.15, 0.2) is 0 Å². The summed E-state index contributed by atoms with van der Waals surface area (Å²) in [7, 11) is 1.67. The molecule has 0 aromatic heterocycles. The molecule has 0 bridgehead atoms. The average Bonchev–Trinajstić information content (AvgIpc) is 2.64. The van der Waals surface area contributed by atoms with Crippen LogP contribution in [-0.4, -0.2) is 48.8 Å². The van der Waals surface area contributed by atoms with Crippen LogP contribution in [0, 0.1) is 5.92 Å². The van der Waals surface area contributed by atoms with Gasteiger partial charge in [-0.25, -0.2) is 0 Å². The number of amides is 1. The minimum atomic E-state index is -0.319. The Morgan fingerprint density at radius 2 is 2.40 bits per heavy atom. The van der Waals surface area contributed by atoms with Gasteiger partial charge in [0.1, 0.15) is 0 Å². The molecule has 0 aliphatic carbocycles. The van der Waals surface area contributed by atoms with Crippen molar-refractivity contribution in [2.75, 3.05) is 26.8 Å². The van der Waals surface area contributed by atoms with Crippen LogP contribution in [0.1, 0.15) is 26.2 Å². The van der Waals surface area contributed by atoms with E-state index in [1.807, 2.05) is 6.92 Å². The summed E-state index contributed by atoms with van der Waals surface area (Å²) in [6.45, 7) is 3.87. The number of methoxy groups -OCH3 is 1. The smallest absolute Gasteiger partial charge is 0.225 e. The topological polar surface area (TPSA) is 49.8 Å². The molecular formula is C11H21NO3. The molecule has 2 atom stereocenters. The predicted molar refractivity (Wildman–Crippen MR) is 57.5 cm³/mol. The van der Waals surface area contributed by atoms with Crippen molar-refractivity contribution in [1.82, 2.24) is 4.90 Å². The highest BCUT2D eigenvalue weighted by atomic mass is 16.5. The number of hydrogen-bond acceptors (Lipinski definition) is 3. The van der Waals surface area contributed by atoms with Crippen molar-refractivity contribution >= 4 is 5.91 Å². The molecule has 0 radical (unpaired) electrons. The highest BCUT2D eigenvalue weighted by Crippen LogP contribution is 2.15. The predicted octanol–water partition coefficient (Wildman–Crippen LogP) is 0.642. The number of ether oxygens (including phenoxy) is 1. The van der Waals surface area contributed by atoms with E-state index >= 15 is 0 Å². The molecule has 0 aromatic rings. The van der Waals surface area contributed by atoms with Gasteiger partial charge in [0.05, 0.1) is 6.10 Å². The first kappa shape index (κ1) is 12.5. The van der Waals surface area contributed by atoms with E-state index in [1.165, 1.54) is 0 Å². The molecule has 4 heteroatoms. The van der Waals surface area contributed by atoms with E-state index in [-0.39, 0.29) is 17.9 Å². The number of carbonyl (C=O) groups is 1. The van der Waals surface area contributed by atoms with Gasteiger partial charge in [0.2, 0.25) is 5.91 Å². The maximum absolute atomic E-state index is 11.9. The van der Waals surface area contributed by atoms with Crippen molar-refractivity contribution in [3.8, 4) is 0 Å². The van der Waals surface area contributed by atoms with Crippen molar-refractivity contribution in [3.05, 3.63) is 0 Å².